The van der Waals surface area contributed by atoms with E-state index in [4.69, 9.17) is 11.6 Å². The number of unbranched alkanes of at least 4 members (excludes halogenated alkanes) is 1. The first-order valence-corrected chi connectivity index (χ1v) is 7.03. The van der Waals surface area contributed by atoms with E-state index >= 15 is 0 Å². The summed E-state index contributed by atoms with van der Waals surface area (Å²) in [5.41, 5.74) is 2.06. The highest BCUT2D eigenvalue weighted by atomic mass is 127. The summed E-state index contributed by atoms with van der Waals surface area (Å²) in [5.74, 6) is 0. The van der Waals surface area contributed by atoms with Gasteiger partial charge in [-0.3, -0.25) is 0 Å². The van der Waals surface area contributed by atoms with Crippen LogP contribution in [-0.2, 0) is 6.42 Å². The van der Waals surface area contributed by atoms with Gasteiger partial charge in [-0.1, -0.05) is 30.2 Å². The van der Waals surface area contributed by atoms with Gasteiger partial charge < -0.3 is 0 Å². The Balaban J connectivity index is 2.24. The van der Waals surface area contributed by atoms with E-state index in [1.54, 1.807) is 0 Å². The average molecular weight is 362 g/mol. The number of hydrogen-bond donors (Lipinski definition) is 0. The molecule has 0 aliphatic carbocycles. The molecule has 1 aromatic heterocycles. The first-order chi connectivity index (χ1) is 8.20. The van der Waals surface area contributed by atoms with Crippen molar-refractivity contribution in [3.8, 4) is 5.69 Å². The van der Waals surface area contributed by atoms with Gasteiger partial charge in [0.1, 0.15) is 0 Å². The van der Waals surface area contributed by atoms with E-state index in [9.17, 15) is 0 Å². The Morgan fingerprint density at radius 1 is 1.41 bits per heavy atom. The summed E-state index contributed by atoms with van der Waals surface area (Å²) in [6.07, 6.45) is 5.30. The lowest BCUT2D eigenvalue weighted by Gasteiger charge is -2.03. The van der Waals surface area contributed by atoms with Crippen molar-refractivity contribution >= 4 is 34.2 Å². The highest BCUT2D eigenvalue weighted by Crippen LogP contribution is 2.21. The molecule has 1 heterocycles. The molecule has 0 radical (unpaired) electrons. The van der Waals surface area contributed by atoms with E-state index in [1.165, 1.54) is 6.42 Å². The topological polar surface area (TPSA) is 30.7 Å². The molecule has 17 heavy (non-hydrogen) atoms. The number of halogens is 2. The fourth-order valence-corrected chi connectivity index (χ4v) is 2.67. The maximum atomic E-state index is 5.93. The van der Waals surface area contributed by atoms with Gasteiger partial charge in [-0.25, -0.2) is 4.68 Å². The molecule has 0 saturated heterocycles. The fraction of sp³-hybridized carbons (Fsp3) is 0.333. The molecule has 3 nitrogen and oxygen atoms in total. The normalized spacial score (nSPS) is 10.8. The minimum absolute atomic E-state index is 0.740. The molecule has 0 bridgehead atoms. The van der Waals surface area contributed by atoms with Gasteiger partial charge in [-0.2, -0.15) is 0 Å². The molecule has 0 aliphatic rings. The minimum Gasteiger partial charge on any atom is -0.219 e. The Kier molecular flexibility index (Phi) is 4.39. The largest absolute Gasteiger partial charge is 0.219 e. The van der Waals surface area contributed by atoms with E-state index in [0.29, 0.717) is 0 Å². The molecule has 0 unspecified atom stereocenters. The lowest BCUT2D eigenvalue weighted by atomic mass is 10.2. The molecule has 0 atom stereocenters. The van der Waals surface area contributed by atoms with Crippen LogP contribution in [0.5, 0.6) is 0 Å². The number of aromatic nitrogens is 3. The Hall–Kier alpha value is -0.620. The molecule has 90 valence electrons. The van der Waals surface area contributed by atoms with E-state index in [2.05, 4.69) is 39.8 Å². The van der Waals surface area contributed by atoms with Crippen LogP contribution < -0.4 is 0 Å². The fourth-order valence-electron chi connectivity index (χ4n) is 1.56. The number of rotatable bonds is 4. The van der Waals surface area contributed by atoms with Crippen LogP contribution in [0.15, 0.2) is 24.4 Å². The van der Waals surface area contributed by atoms with Crippen molar-refractivity contribution in [2.45, 2.75) is 26.2 Å². The van der Waals surface area contributed by atoms with Crippen LogP contribution in [0.25, 0.3) is 5.69 Å². The van der Waals surface area contributed by atoms with Crippen LogP contribution in [0.2, 0.25) is 5.02 Å². The van der Waals surface area contributed by atoms with Gasteiger partial charge in [-0.05, 0) is 53.6 Å². The summed E-state index contributed by atoms with van der Waals surface area (Å²) in [6.45, 7) is 2.17. The molecule has 2 aromatic rings. The highest BCUT2D eigenvalue weighted by molar-refractivity contribution is 14.1. The van der Waals surface area contributed by atoms with Gasteiger partial charge >= 0.3 is 0 Å². The second kappa shape index (κ2) is 5.82. The van der Waals surface area contributed by atoms with Crippen LogP contribution in [0, 0.1) is 3.57 Å². The van der Waals surface area contributed by atoms with Gasteiger partial charge in [-0.15, -0.1) is 5.10 Å². The monoisotopic (exact) mass is 361 g/mol. The molecular weight excluding hydrogens is 349 g/mol. The third-order valence-corrected chi connectivity index (χ3v) is 3.58. The van der Waals surface area contributed by atoms with Crippen molar-refractivity contribution in [2.75, 3.05) is 0 Å². The van der Waals surface area contributed by atoms with Crippen LogP contribution in [0.3, 0.4) is 0 Å². The summed E-state index contributed by atoms with van der Waals surface area (Å²) in [4.78, 5) is 0. The Bertz CT molecular complexity index is 510. The summed E-state index contributed by atoms with van der Waals surface area (Å²) in [7, 11) is 0. The Morgan fingerprint density at radius 2 is 2.24 bits per heavy atom. The molecule has 5 heteroatoms. The predicted octanol–water partition coefficient (Wildman–Crippen LogP) is 3.87. The van der Waals surface area contributed by atoms with Crippen LogP contribution >= 0.6 is 34.2 Å². The second-order valence-electron chi connectivity index (χ2n) is 3.85. The maximum absolute atomic E-state index is 5.93. The lowest BCUT2D eigenvalue weighted by molar-refractivity contribution is 0.760. The molecule has 0 N–H and O–H groups in total. The van der Waals surface area contributed by atoms with Crippen molar-refractivity contribution in [1.82, 2.24) is 15.0 Å². The summed E-state index contributed by atoms with van der Waals surface area (Å²) in [6, 6.07) is 5.75. The van der Waals surface area contributed by atoms with Crippen molar-refractivity contribution in [1.29, 1.82) is 0 Å². The van der Waals surface area contributed by atoms with Gasteiger partial charge in [0.2, 0.25) is 0 Å². The van der Waals surface area contributed by atoms with Gasteiger partial charge in [0.05, 0.1) is 17.6 Å². The smallest absolute Gasteiger partial charge is 0.0831 e. The van der Waals surface area contributed by atoms with Crippen molar-refractivity contribution in [2.24, 2.45) is 0 Å². The van der Waals surface area contributed by atoms with Crippen molar-refractivity contribution in [3.63, 3.8) is 0 Å². The summed E-state index contributed by atoms with van der Waals surface area (Å²) < 4.78 is 2.88. The van der Waals surface area contributed by atoms with Crippen LogP contribution in [-0.4, -0.2) is 15.0 Å². The third kappa shape index (κ3) is 3.19. The zero-order valence-electron chi connectivity index (χ0n) is 9.53. The lowest BCUT2D eigenvalue weighted by Crippen LogP contribution is -1.97. The molecular formula is C12H13ClIN3. The third-order valence-electron chi connectivity index (χ3n) is 2.48. The Labute approximate surface area is 119 Å². The quantitative estimate of drug-likeness (QED) is 0.774. The number of hydrogen-bond acceptors (Lipinski definition) is 2. The van der Waals surface area contributed by atoms with E-state index in [-0.39, 0.29) is 0 Å². The predicted molar refractivity (Wildman–Crippen MR) is 77.7 cm³/mol. The van der Waals surface area contributed by atoms with E-state index in [1.807, 2.05) is 29.1 Å². The first-order valence-electron chi connectivity index (χ1n) is 5.57. The van der Waals surface area contributed by atoms with Crippen LogP contribution in [0.1, 0.15) is 25.5 Å². The molecule has 0 fully saturated rings. The van der Waals surface area contributed by atoms with E-state index < -0.39 is 0 Å². The standard InChI is InChI=1S/C12H13ClIN3/c1-2-3-4-10-8-17(16-15-10)12-6-5-9(13)7-11(12)14/h5-8H,2-4H2,1H3. The number of nitrogens with zero attached hydrogens (tertiary/aromatic N) is 3. The molecule has 2 rings (SSSR count). The molecule has 0 amide bonds. The van der Waals surface area contributed by atoms with Crippen molar-refractivity contribution < 1.29 is 0 Å². The summed E-state index contributed by atoms with van der Waals surface area (Å²) >= 11 is 8.18. The van der Waals surface area contributed by atoms with Crippen LogP contribution in [0.4, 0.5) is 0 Å². The van der Waals surface area contributed by atoms with Gasteiger partial charge in [0.15, 0.2) is 0 Å². The Morgan fingerprint density at radius 3 is 2.94 bits per heavy atom. The van der Waals surface area contributed by atoms with E-state index in [0.717, 1.165) is 32.8 Å². The average Bonchev–Trinajstić information content (AvgIpc) is 2.75. The van der Waals surface area contributed by atoms with Gasteiger partial charge in [0, 0.05) is 8.59 Å². The highest BCUT2D eigenvalue weighted by Gasteiger charge is 2.06. The zero-order valence-corrected chi connectivity index (χ0v) is 12.4. The summed E-state index contributed by atoms with van der Waals surface area (Å²) in [5, 5.41) is 9.06. The van der Waals surface area contributed by atoms with Gasteiger partial charge in [0.25, 0.3) is 0 Å². The molecule has 0 aliphatic heterocycles. The minimum atomic E-state index is 0.740. The maximum Gasteiger partial charge on any atom is 0.0831 e. The van der Waals surface area contributed by atoms with Crippen molar-refractivity contribution in [3.05, 3.63) is 38.7 Å². The zero-order chi connectivity index (χ0) is 12.3. The molecule has 1 aromatic carbocycles. The number of benzene rings is 1. The first kappa shape index (κ1) is 12.8. The number of aryl methyl sites for hydroxylation is 1. The second-order valence-corrected chi connectivity index (χ2v) is 5.45. The molecule has 0 saturated carbocycles. The SMILES string of the molecule is CCCCc1cn(-c2ccc(Cl)cc2I)nn1. The molecule has 0 spiro atoms.